The van der Waals surface area contributed by atoms with Crippen LogP contribution >= 0.6 is 0 Å². The van der Waals surface area contributed by atoms with Crippen molar-refractivity contribution >= 4 is 6.08 Å². The Kier molecular flexibility index (Phi) is 1.73. The van der Waals surface area contributed by atoms with Gasteiger partial charge in [0.05, 0.1) is 5.56 Å². The highest BCUT2D eigenvalue weighted by molar-refractivity contribution is 5.61. The summed E-state index contributed by atoms with van der Waals surface area (Å²) in [5.41, 5.74) is 4.39. The van der Waals surface area contributed by atoms with Crippen LogP contribution in [-0.4, -0.2) is 4.57 Å². The number of nitriles is 1. The molecule has 1 heterocycles. The van der Waals surface area contributed by atoms with Crippen LogP contribution in [0.15, 0.2) is 6.08 Å². The van der Waals surface area contributed by atoms with Gasteiger partial charge < -0.3 is 4.57 Å². The van der Waals surface area contributed by atoms with Crippen LogP contribution in [0.5, 0.6) is 0 Å². The van der Waals surface area contributed by atoms with Crippen molar-refractivity contribution in [3.05, 3.63) is 28.6 Å². The molecule has 0 amide bonds. The summed E-state index contributed by atoms with van der Waals surface area (Å²) in [4.78, 5) is 0. The lowest BCUT2D eigenvalue weighted by atomic mass is 10.0. The summed E-state index contributed by atoms with van der Waals surface area (Å²) in [6, 6.07) is 2.29. The normalized spacial score (nSPS) is 13.9. The average molecular weight is 172 g/mol. The minimum atomic E-state index is 0.877. The van der Waals surface area contributed by atoms with Crippen LogP contribution in [-0.2, 0) is 13.5 Å². The molecule has 0 saturated heterocycles. The van der Waals surface area contributed by atoms with E-state index in [1.165, 1.54) is 11.3 Å². The standard InChI is InChI=1S/C11H12N2/c1-8-10(7-12)9-5-3-4-6-11(9)13(8)2/h4,6H,3,5H2,1-2H3. The lowest BCUT2D eigenvalue weighted by molar-refractivity contribution is 0.854. The monoisotopic (exact) mass is 172 g/mol. The number of fused-ring (bicyclic) bond motifs is 1. The SMILES string of the molecule is Cc1c(C#N)c2c(n1C)C=CCC2. The second kappa shape index (κ2) is 2.77. The van der Waals surface area contributed by atoms with Crippen LogP contribution in [0.4, 0.5) is 0 Å². The Balaban J connectivity index is 2.74. The fourth-order valence-electron chi connectivity index (χ4n) is 1.93. The minimum Gasteiger partial charge on any atom is -0.347 e. The van der Waals surface area contributed by atoms with E-state index in [0.717, 1.165) is 24.1 Å². The molecule has 0 unspecified atom stereocenters. The number of hydrogen-bond donors (Lipinski definition) is 0. The smallest absolute Gasteiger partial charge is 0.101 e. The summed E-state index contributed by atoms with van der Waals surface area (Å²) >= 11 is 0. The summed E-state index contributed by atoms with van der Waals surface area (Å²) in [7, 11) is 2.02. The third-order valence-electron chi connectivity index (χ3n) is 2.79. The maximum atomic E-state index is 9.00. The average Bonchev–Trinajstić information content (AvgIpc) is 2.41. The van der Waals surface area contributed by atoms with Gasteiger partial charge in [0.2, 0.25) is 0 Å². The molecule has 0 aliphatic heterocycles. The highest BCUT2D eigenvalue weighted by atomic mass is 15.0. The second-order valence-electron chi connectivity index (χ2n) is 3.44. The largest absolute Gasteiger partial charge is 0.347 e. The predicted octanol–water partition coefficient (Wildman–Crippen LogP) is 2.16. The summed E-state index contributed by atoms with van der Waals surface area (Å²) in [5.74, 6) is 0. The van der Waals surface area contributed by atoms with Crippen molar-refractivity contribution in [3.63, 3.8) is 0 Å². The molecule has 1 aromatic heterocycles. The maximum absolute atomic E-state index is 9.00. The highest BCUT2D eigenvalue weighted by Crippen LogP contribution is 2.26. The second-order valence-corrected chi connectivity index (χ2v) is 3.44. The first-order valence-corrected chi connectivity index (χ1v) is 4.50. The molecular formula is C11H12N2. The van der Waals surface area contributed by atoms with Crippen molar-refractivity contribution in [2.45, 2.75) is 19.8 Å². The first-order chi connectivity index (χ1) is 6.25. The summed E-state index contributed by atoms with van der Waals surface area (Å²) in [5, 5.41) is 9.00. The van der Waals surface area contributed by atoms with Crippen LogP contribution < -0.4 is 0 Å². The molecule has 0 atom stereocenters. The van der Waals surface area contributed by atoms with E-state index in [2.05, 4.69) is 22.8 Å². The van der Waals surface area contributed by atoms with E-state index in [1.54, 1.807) is 0 Å². The van der Waals surface area contributed by atoms with Gasteiger partial charge in [0.15, 0.2) is 0 Å². The fourth-order valence-corrected chi connectivity index (χ4v) is 1.93. The summed E-state index contributed by atoms with van der Waals surface area (Å²) in [6.45, 7) is 2.00. The molecule has 0 aromatic carbocycles. The Morgan fingerprint density at radius 1 is 1.54 bits per heavy atom. The first kappa shape index (κ1) is 8.12. The van der Waals surface area contributed by atoms with Gasteiger partial charge in [-0.3, -0.25) is 0 Å². The number of allylic oxidation sites excluding steroid dienone is 1. The van der Waals surface area contributed by atoms with Gasteiger partial charge in [-0.25, -0.2) is 0 Å². The third-order valence-corrected chi connectivity index (χ3v) is 2.79. The van der Waals surface area contributed by atoms with Gasteiger partial charge in [0.25, 0.3) is 0 Å². The van der Waals surface area contributed by atoms with Gasteiger partial charge in [-0.1, -0.05) is 6.08 Å². The Bertz CT molecular complexity index is 416. The molecule has 0 bridgehead atoms. The van der Waals surface area contributed by atoms with Gasteiger partial charge in [0, 0.05) is 18.4 Å². The zero-order chi connectivity index (χ0) is 9.42. The van der Waals surface area contributed by atoms with E-state index in [1.807, 2.05) is 14.0 Å². The maximum Gasteiger partial charge on any atom is 0.101 e. The number of aromatic nitrogens is 1. The van der Waals surface area contributed by atoms with Crippen LogP contribution in [0.1, 0.15) is 28.9 Å². The van der Waals surface area contributed by atoms with Crippen molar-refractivity contribution in [3.8, 4) is 6.07 Å². The fraction of sp³-hybridized carbons (Fsp3) is 0.364. The molecule has 0 spiro atoms. The number of rotatable bonds is 0. The Morgan fingerprint density at radius 3 is 3.00 bits per heavy atom. The van der Waals surface area contributed by atoms with Crippen LogP contribution in [0, 0.1) is 18.3 Å². The molecule has 2 rings (SSSR count). The van der Waals surface area contributed by atoms with Crippen molar-refractivity contribution < 1.29 is 0 Å². The topological polar surface area (TPSA) is 28.7 Å². The van der Waals surface area contributed by atoms with E-state index >= 15 is 0 Å². The summed E-state index contributed by atoms with van der Waals surface area (Å²) in [6.07, 6.45) is 6.36. The third kappa shape index (κ3) is 1.01. The molecular weight excluding hydrogens is 160 g/mol. The van der Waals surface area contributed by atoms with E-state index < -0.39 is 0 Å². The molecule has 1 aromatic rings. The highest BCUT2D eigenvalue weighted by Gasteiger charge is 2.17. The molecule has 2 heteroatoms. The van der Waals surface area contributed by atoms with Crippen LogP contribution in [0.2, 0.25) is 0 Å². The number of nitrogens with zero attached hydrogens (tertiary/aromatic N) is 2. The van der Waals surface area contributed by atoms with Crippen LogP contribution in [0.3, 0.4) is 0 Å². The Hall–Kier alpha value is -1.49. The molecule has 0 radical (unpaired) electrons. The zero-order valence-electron chi connectivity index (χ0n) is 7.96. The van der Waals surface area contributed by atoms with Crippen molar-refractivity contribution in [2.75, 3.05) is 0 Å². The van der Waals surface area contributed by atoms with Gasteiger partial charge in [-0.15, -0.1) is 0 Å². The van der Waals surface area contributed by atoms with Gasteiger partial charge in [-0.05, 0) is 31.4 Å². The van der Waals surface area contributed by atoms with E-state index in [0.29, 0.717) is 0 Å². The minimum absolute atomic E-state index is 0.877. The lowest BCUT2D eigenvalue weighted by Gasteiger charge is -2.06. The lowest BCUT2D eigenvalue weighted by Crippen LogP contribution is -1.97. The molecule has 0 saturated carbocycles. The molecule has 66 valence electrons. The molecule has 1 aliphatic rings. The molecule has 2 nitrogen and oxygen atoms in total. The molecule has 0 fully saturated rings. The summed E-state index contributed by atoms with van der Waals surface area (Å²) < 4.78 is 2.10. The van der Waals surface area contributed by atoms with E-state index in [9.17, 15) is 0 Å². The van der Waals surface area contributed by atoms with Crippen molar-refractivity contribution in [1.29, 1.82) is 5.26 Å². The van der Waals surface area contributed by atoms with E-state index in [4.69, 9.17) is 5.26 Å². The molecule has 13 heavy (non-hydrogen) atoms. The zero-order valence-corrected chi connectivity index (χ0v) is 7.96. The van der Waals surface area contributed by atoms with Gasteiger partial charge >= 0.3 is 0 Å². The van der Waals surface area contributed by atoms with Gasteiger partial charge in [0.1, 0.15) is 6.07 Å². The Morgan fingerprint density at radius 2 is 2.31 bits per heavy atom. The first-order valence-electron chi connectivity index (χ1n) is 4.50. The quantitative estimate of drug-likeness (QED) is 0.589. The Labute approximate surface area is 78.1 Å². The van der Waals surface area contributed by atoms with Crippen molar-refractivity contribution in [1.82, 2.24) is 4.57 Å². The van der Waals surface area contributed by atoms with E-state index in [-0.39, 0.29) is 0 Å². The predicted molar refractivity (Wildman–Crippen MR) is 52.2 cm³/mol. The molecule has 1 aliphatic carbocycles. The van der Waals surface area contributed by atoms with Crippen molar-refractivity contribution in [2.24, 2.45) is 7.05 Å². The van der Waals surface area contributed by atoms with Crippen LogP contribution in [0.25, 0.3) is 6.08 Å². The van der Waals surface area contributed by atoms with Gasteiger partial charge in [-0.2, -0.15) is 5.26 Å². The number of hydrogen-bond acceptors (Lipinski definition) is 1. The molecule has 0 N–H and O–H groups in total.